The third-order valence-electron chi connectivity index (χ3n) is 4.55. The van der Waals surface area contributed by atoms with Gasteiger partial charge in [0, 0.05) is 16.9 Å². The molecule has 0 aliphatic carbocycles. The fourth-order valence-electron chi connectivity index (χ4n) is 3.12. The Morgan fingerprint density at radius 2 is 1.89 bits per heavy atom. The van der Waals surface area contributed by atoms with Gasteiger partial charge in [-0.1, -0.05) is 12.1 Å². The van der Waals surface area contributed by atoms with Crippen molar-refractivity contribution in [1.82, 2.24) is 19.7 Å². The highest BCUT2D eigenvalue weighted by Crippen LogP contribution is 2.16. The van der Waals surface area contributed by atoms with Crippen LogP contribution in [0.3, 0.4) is 0 Å². The van der Waals surface area contributed by atoms with E-state index in [2.05, 4.69) is 20.4 Å². The lowest BCUT2D eigenvalue weighted by Crippen LogP contribution is -2.13. The summed E-state index contributed by atoms with van der Waals surface area (Å²) in [6.07, 6.45) is 1.36. The van der Waals surface area contributed by atoms with E-state index in [1.54, 1.807) is 30.3 Å². The Balaban J connectivity index is 1.50. The molecule has 28 heavy (non-hydrogen) atoms. The summed E-state index contributed by atoms with van der Waals surface area (Å²) < 4.78 is 1.94. The molecule has 0 radical (unpaired) electrons. The van der Waals surface area contributed by atoms with Gasteiger partial charge >= 0.3 is 0 Å². The molecule has 2 heterocycles. The lowest BCUT2D eigenvalue weighted by Gasteiger charge is -2.08. The minimum absolute atomic E-state index is 0.239. The summed E-state index contributed by atoms with van der Waals surface area (Å²) in [5.41, 5.74) is 4.56. The summed E-state index contributed by atoms with van der Waals surface area (Å²) in [6.45, 7) is 4.64. The number of fused-ring (bicyclic) bond motifs is 1. The second-order valence-electron chi connectivity index (χ2n) is 6.70. The van der Waals surface area contributed by atoms with Crippen LogP contribution in [0, 0.1) is 13.8 Å². The van der Waals surface area contributed by atoms with Gasteiger partial charge in [-0.2, -0.15) is 5.10 Å². The summed E-state index contributed by atoms with van der Waals surface area (Å²) in [7, 11) is 0. The Bertz CT molecular complexity index is 1220. The van der Waals surface area contributed by atoms with Crippen molar-refractivity contribution >= 4 is 22.5 Å². The zero-order valence-corrected chi connectivity index (χ0v) is 15.6. The number of amides is 1. The second kappa shape index (κ2) is 7.11. The summed E-state index contributed by atoms with van der Waals surface area (Å²) in [5, 5.41) is 7.71. The van der Waals surface area contributed by atoms with Crippen molar-refractivity contribution in [1.29, 1.82) is 0 Å². The third-order valence-corrected chi connectivity index (χ3v) is 4.55. The van der Waals surface area contributed by atoms with Crippen molar-refractivity contribution in [2.75, 3.05) is 5.32 Å². The minimum atomic E-state index is -0.241. The zero-order valence-electron chi connectivity index (χ0n) is 15.6. The minimum Gasteiger partial charge on any atom is -0.322 e. The average Bonchev–Trinajstić information content (AvgIpc) is 3.00. The first-order valence-electron chi connectivity index (χ1n) is 8.88. The molecule has 0 spiro atoms. The third kappa shape index (κ3) is 3.55. The summed E-state index contributed by atoms with van der Waals surface area (Å²) in [6, 6.07) is 14.5. The van der Waals surface area contributed by atoms with E-state index in [4.69, 9.17) is 0 Å². The monoisotopic (exact) mass is 373 g/mol. The molecule has 0 bridgehead atoms. The quantitative estimate of drug-likeness (QED) is 0.575. The van der Waals surface area contributed by atoms with Crippen molar-refractivity contribution in [3.63, 3.8) is 0 Å². The number of aromatic nitrogens is 4. The van der Waals surface area contributed by atoms with Gasteiger partial charge in [0.05, 0.1) is 29.5 Å². The van der Waals surface area contributed by atoms with Crippen molar-refractivity contribution in [3.8, 4) is 0 Å². The van der Waals surface area contributed by atoms with Crippen LogP contribution < -0.4 is 10.9 Å². The predicted octanol–water partition coefficient (Wildman–Crippen LogP) is 3.04. The number of anilines is 1. The first-order chi connectivity index (χ1) is 13.5. The molecule has 2 N–H and O–H groups in total. The molecular weight excluding hydrogens is 354 g/mol. The summed E-state index contributed by atoms with van der Waals surface area (Å²) >= 11 is 0. The molecule has 1 amide bonds. The van der Waals surface area contributed by atoms with Crippen LogP contribution in [-0.2, 0) is 6.54 Å². The molecule has 0 aliphatic heterocycles. The molecule has 7 heteroatoms. The Labute approximate surface area is 161 Å². The maximum absolute atomic E-state index is 12.5. The topological polar surface area (TPSA) is 92.7 Å². The van der Waals surface area contributed by atoms with E-state index in [9.17, 15) is 9.59 Å². The van der Waals surface area contributed by atoms with Crippen LogP contribution >= 0.6 is 0 Å². The number of benzene rings is 2. The summed E-state index contributed by atoms with van der Waals surface area (Å²) in [4.78, 5) is 31.0. The molecule has 0 saturated carbocycles. The van der Waals surface area contributed by atoms with Gasteiger partial charge in [-0.3, -0.25) is 14.3 Å². The van der Waals surface area contributed by atoms with Crippen LogP contribution in [0.5, 0.6) is 0 Å². The lowest BCUT2D eigenvalue weighted by atomic mass is 10.1. The van der Waals surface area contributed by atoms with Crippen LogP contribution in [0.15, 0.2) is 59.7 Å². The van der Waals surface area contributed by atoms with Gasteiger partial charge in [0.15, 0.2) is 0 Å². The van der Waals surface area contributed by atoms with Crippen molar-refractivity contribution in [2.24, 2.45) is 0 Å². The molecule has 0 aliphatic rings. The number of hydrogen-bond donors (Lipinski definition) is 2. The van der Waals surface area contributed by atoms with Gasteiger partial charge < -0.3 is 10.3 Å². The average molecular weight is 373 g/mol. The zero-order chi connectivity index (χ0) is 19.7. The number of carbonyl (C=O) groups excluding carboxylic acids is 1. The largest absolute Gasteiger partial charge is 0.322 e. The van der Waals surface area contributed by atoms with Crippen molar-refractivity contribution < 1.29 is 4.79 Å². The van der Waals surface area contributed by atoms with Gasteiger partial charge in [0.2, 0.25) is 0 Å². The number of hydrogen-bond acceptors (Lipinski definition) is 4. The molecule has 0 saturated heterocycles. The van der Waals surface area contributed by atoms with E-state index in [0.29, 0.717) is 28.7 Å². The first-order valence-corrected chi connectivity index (χ1v) is 8.88. The van der Waals surface area contributed by atoms with Crippen LogP contribution in [0.1, 0.15) is 27.3 Å². The van der Waals surface area contributed by atoms with Crippen LogP contribution in [0.4, 0.5) is 5.69 Å². The molecule has 0 atom stereocenters. The fraction of sp³-hybridized carbons (Fsp3) is 0.143. The Hall–Kier alpha value is -3.74. The number of nitrogens with zero attached hydrogens (tertiary/aromatic N) is 3. The Kier molecular flexibility index (Phi) is 4.49. The van der Waals surface area contributed by atoms with E-state index in [1.165, 1.54) is 6.33 Å². The Morgan fingerprint density at radius 1 is 1.11 bits per heavy atom. The maximum atomic E-state index is 12.5. The van der Waals surface area contributed by atoms with Crippen molar-refractivity contribution in [2.45, 2.75) is 20.4 Å². The SMILES string of the molecule is Cc1cc(C)n(Cc2ccc(C(=O)Nc3ccc4nc[nH]c(=O)c4c3)cc2)n1. The highest BCUT2D eigenvalue weighted by atomic mass is 16.1. The number of H-pyrrole nitrogens is 1. The fourth-order valence-corrected chi connectivity index (χ4v) is 3.12. The molecule has 4 rings (SSSR count). The number of nitrogens with one attached hydrogen (secondary N) is 2. The standard InChI is InChI=1S/C21H19N5O2/c1-13-9-14(2)26(25-13)11-15-3-5-16(6-4-15)20(27)24-17-7-8-19-18(10-17)21(28)23-12-22-19/h3-10,12H,11H2,1-2H3,(H,24,27)(H,22,23,28). The lowest BCUT2D eigenvalue weighted by molar-refractivity contribution is 0.102. The summed E-state index contributed by atoms with van der Waals surface area (Å²) in [5.74, 6) is -0.239. The van der Waals surface area contributed by atoms with Gasteiger partial charge in [0.25, 0.3) is 11.5 Å². The predicted molar refractivity (Wildman–Crippen MR) is 108 cm³/mol. The normalized spacial score (nSPS) is 10.9. The molecule has 7 nitrogen and oxygen atoms in total. The maximum Gasteiger partial charge on any atom is 0.258 e. The number of aromatic amines is 1. The molecule has 2 aromatic carbocycles. The second-order valence-corrected chi connectivity index (χ2v) is 6.70. The van der Waals surface area contributed by atoms with E-state index in [0.717, 1.165) is 17.0 Å². The number of carbonyl (C=O) groups is 1. The van der Waals surface area contributed by atoms with Gasteiger partial charge in [-0.05, 0) is 55.8 Å². The molecule has 140 valence electrons. The van der Waals surface area contributed by atoms with E-state index >= 15 is 0 Å². The van der Waals surface area contributed by atoms with E-state index < -0.39 is 0 Å². The molecule has 4 aromatic rings. The highest BCUT2D eigenvalue weighted by molar-refractivity contribution is 6.05. The molecule has 2 aromatic heterocycles. The van der Waals surface area contributed by atoms with Gasteiger partial charge in [0.1, 0.15) is 0 Å². The van der Waals surface area contributed by atoms with Crippen LogP contribution in [0.25, 0.3) is 10.9 Å². The molecular formula is C21H19N5O2. The Morgan fingerprint density at radius 3 is 2.61 bits per heavy atom. The van der Waals surface area contributed by atoms with Gasteiger partial charge in [-0.15, -0.1) is 0 Å². The van der Waals surface area contributed by atoms with Crippen LogP contribution in [-0.4, -0.2) is 25.7 Å². The van der Waals surface area contributed by atoms with E-state index in [-0.39, 0.29) is 11.5 Å². The van der Waals surface area contributed by atoms with Gasteiger partial charge in [-0.25, -0.2) is 4.98 Å². The smallest absolute Gasteiger partial charge is 0.258 e. The highest BCUT2D eigenvalue weighted by Gasteiger charge is 2.09. The molecule has 0 fully saturated rings. The van der Waals surface area contributed by atoms with Crippen LogP contribution in [0.2, 0.25) is 0 Å². The number of aryl methyl sites for hydroxylation is 2. The van der Waals surface area contributed by atoms with Crippen molar-refractivity contribution in [3.05, 3.63) is 87.7 Å². The number of rotatable bonds is 4. The first kappa shape index (κ1) is 17.7. The van der Waals surface area contributed by atoms with E-state index in [1.807, 2.05) is 36.7 Å². The molecule has 0 unspecified atom stereocenters.